The molecule has 36 heavy (non-hydrogen) atoms. The van der Waals surface area contributed by atoms with Crippen LogP contribution in [0.5, 0.6) is 0 Å². The van der Waals surface area contributed by atoms with Gasteiger partial charge in [-0.1, -0.05) is 12.1 Å². The third-order valence-electron chi connectivity index (χ3n) is 6.86. The van der Waals surface area contributed by atoms with E-state index in [0.29, 0.717) is 55.1 Å². The molecule has 1 atom stereocenters. The zero-order valence-electron chi connectivity index (χ0n) is 19.6. The molecule has 0 saturated carbocycles. The number of anilines is 3. The first-order chi connectivity index (χ1) is 17.2. The Morgan fingerprint density at radius 1 is 0.944 bits per heavy atom. The summed E-state index contributed by atoms with van der Waals surface area (Å²) in [7, 11) is 1.97. The zero-order valence-corrected chi connectivity index (χ0v) is 19.6. The van der Waals surface area contributed by atoms with Crippen LogP contribution in [0.25, 0.3) is 0 Å². The summed E-state index contributed by atoms with van der Waals surface area (Å²) in [5.41, 5.74) is 1.97. The normalized spacial score (nSPS) is 17.8. The van der Waals surface area contributed by atoms with Gasteiger partial charge in [-0.05, 0) is 61.9 Å². The summed E-state index contributed by atoms with van der Waals surface area (Å²) in [6.45, 7) is 1.40. The first kappa shape index (κ1) is 24.2. The molecule has 5 rings (SSSR count). The van der Waals surface area contributed by atoms with E-state index >= 15 is 0 Å². The van der Waals surface area contributed by atoms with Crippen molar-refractivity contribution in [1.29, 1.82) is 0 Å². The molecule has 1 saturated heterocycles. The van der Waals surface area contributed by atoms with Gasteiger partial charge >= 0.3 is 6.18 Å². The van der Waals surface area contributed by atoms with Gasteiger partial charge in [-0.15, -0.1) is 0 Å². The minimum Gasteiger partial charge on any atom is -0.368 e. The van der Waals surface area contributed by atoms with Crippen LogP contribution in [0.15, 0.2) is 59.6 Å². The van der Waals surface area contributed by atoms with E-state index in [4.69, 9.17) is 0 Å². The highest BCUT2D eigenvalue weighted by atomic mass is 19.4. The van der Waals surface area contributed by atoms with Crippen LogP contribution < -0.4 is 10.2 Å². The summed E-state index contributed by atoms with van der Waals surface area (Å²) in [6, 6.07) is 12.8. The Kier molecular flexibility index (Phi) is 6.42. The number of nitrogens with one attached hydrogen (secondary N) is 1. The van der Waals surface area contributed by atoms with Crippen LogP contribution in [-0.2, 0) is 12.6 Å². The van der Waals surface area contributed by atoms with Gasteiger partial charge < -0.3 is 10.2 Å². The lowest BCUT2D eigenvalue weighted by molar-refractivity contribution is -0.137. The molecular formula is C27H25F5N4. The third-order valence-corrected chi connectivity index (χ3v) is 6.86. The number of nitrogens with zero attached hydrogens (tertiary/aromatic N) is 3. The van der Waals surface area contributed by atoms with E-state index in [1.807, 2.05) is 7.05 Å². The smallest absolute Gasteiger partial charge is 0.368 e. The Morgan fingerprint density at radius 3 is 2.42 bits per heavy atom. The van der Waals surface area contributed by atoms with Gasteiger partial charge in [0.05, 0.1) is 22.6 Å². The van der Waals surface area contributed by atoms with E-state index in [2.05, 4.69) is 15.2 Å². The van der Waals surface area contributed by atoms with Crippen molar-refractivity contribution < 1.29 is 22.0 Å². The maximum atomic E-state index is 14.2. The van der Waals surface area contributed by atoms with Crippen molar-refractivity contribution in [2.24, 2.45) is 4.99 Å². The molecular weight excluding hydrogens is 475 g/mol. The van der Waals surface area contributed by atoms with Crippen LogP contribution in [-0.4, -0.2) is 43.8 Å². The molecule has 2 aliphatic heterocycles. The lowest BCUT2D eigenvalue weighted by atomic mass is 9.98. The van der Waals surface area contributed by atoms with Crippen LogP contribution in [0.2, 0.25) is 0 Å². The lowest BCUT2D eigenvalue weighted by Gasteiger charge is -2.42. The average molecular weight is 501 g/mol. The number of benzene rings is 3. The molecule has 0 aromatic heterocycles. The molecule has 0 radical (unpaired) electrons. The molecule has 188 valence electrons. The van der Waals surface area contributed by atoms with Gasteiger partial charge in [0, 0.05) is 49.2 Å². The standard InChI is InChI=1S/C27H25F5N4/c1-35-12-13-36(16-20(35)8-4-17-2-5-18(28)6-3-17)26-21-15-33-25-14-19(29)7-10-24(25)34-23(21)11-9-22(26)27(30,31)32/h2-3,5-7,9-11,14-15,20,34H,4,8,12-13,16H2,1H3. The van der Waals surface area contributed by atoms with E-state index in [1.165, 1.54) is 42.6 Å². The topological polar surface area (TPSA) is 30.9 Å². The molecule has 2 heterocycles. The van der Waals surface area contributed by atoms with E-state index in [0.717, 1.165) is 11.6 Å². The fourth-order valence-corrected chi connectivity index (χ4v) is 4.86. The van der Waals surface area contributed by atoms with Crippen LogP contribution >= 0.6 is 0 Å². The van der Waals surface area contributed by atoms with E-state index in [-0.39, 0.29) is 17.5 Å². The molecule has 9 heteroatoms. The Bertz CT molecular complexity index is 1290. The second kappa shape index (κ2) is 9.54. The molecule has 1 unspecified atom stereocenters. The Hall–Kier alpha value is -3.46. The van der Waals surface area contributed by atoms with Crippen molar-refractivity contribution in [3.05, 3.63) is 82.9 Å². The Morgan fingerprint density at radius 2 is 1.67 bits per heavy atom. The molecule has 0 bridgehead atoms. The van der Waals surface area contributed by atoms with Gasteiger partial charge in [-0.2, -0.15) is 13.2 Å². The number of alkyl halides is 3. The number of aryl methyl sites for hydroxylation is 1. The van der Waals surface area contributed by atoms with Crippen LogP contribution in [0.4, 0.5) is 44.7 Å². The van der Waals surface area contributed by atoms with Crippen molar-refractivity contribution in [2.45, 2.75) is 25.1 Å². The van der Waals surface area contributed by atoms with Gasteiger partial charge in [0.25, 0.3) is 0 Å². The fourth-order valence-electron chi connectivity index (χ4n) is 4.86. The number of likely N-dealkylation sites (N-methyl/N-ethyl adjacent to an activating group) is 1. The first-order valence-corrected chi connectivity index (χ1v) is 11.7. The Labute approximate surface area is 206 Å². The van der Waals surface area contributed by atoms with E-state index in [1.54, 1.807) is 17.0 Å². The second-order valence-electron chi connectivity index (χ2n) is 9.21. The van der Waals surface area contributed by atoms with Gasteiger partial charge in [0.2, 0.25) is 0 Å². The van der Waals surface area contributed by atoms with Crippen LogP contribution in [0, 0.1) is 11.6 Å². The minimum atomic E-state index is -4.56. The largest absolute Gasteiger partial charge is 0.418 e. The number of piperazine rings is 1. The monoisotopic (exact) mass is 500 g/mol. The van der Waals surface area contributed by atoms with Crippen molar-refractivity contribution in [1.82, 2.24) is 4.90 Å². The summed E-state index contributed by atoms with van der Waals surface area (Å²) in [5.74, 6) is -0.776. The number of hydrogen-bond donors (Lipinski definition) is 1. The molecule has 0 spiro atoms. The fraction of sp³-hybridized carbons (Fsp3) is 0.296. The van der Waals surface area contributed by atoms with Crippen LogP contribution in [0.1, 0.15) is 23.1 Å². The highest BCUT2D eigenvalue weighted by Crippen LogP contribution is 2.44. The molecule has 3 aromatic carbocycles. The molecule has 1 N–H and O–H groups in total. The number of rotatable bonds is 4. The zero-order chi connectivity index (χ0) is 25.4. The predicted octanol–water partition coefficient (Wildman–Crippen LogP) is 6.54. The second-order valence-corrected chi connectivity index (χ2v) is 9.21. The number of halogens is 5. The summed E-state index contributed by atoms with van der Waals surface area (Å²) in [6.07, 6.45) is -1.77. The van der Waals surface area contributed by atoms with Gasteiger partial charge in [0.15, 0.2) is 0 Å². The lowest BCUT2D eigenvalue weighted by Crippen LogP contribution is -2.52. The number of hydrogen-bond acceptors (Lipinski definition) is 4. The van der Waals surface area contributed by atoms with Crippen molar-refractivity contribution in [3.8, 4) is 0 Å². The molecule has 3 aromatic rings. The van der Waals surface area contributed by atoms with Gasteiger partial charge in [-0.25, -0.2) is 8.78 Å². The average Bonchev–Trinajstić information content (AvgIpc) is 3.02. The predicted molar refractivity (Wildman–Crippen MR) is 132 cm³/mol. The SMILES string of the molecule is CN1CCN(c2c(C(F)(F)F)ccc3c2C=Nc2cc(F)ccc2N3)CC1CCc1ccc(F)cc1. The molecule has 0 amide bonds. The molecule has 0 aliphatic carbocycles. The third kappa shape index (κ3) is 4.93. The summed E-state index contributed by atoms with van der Waals surface area (Å²) < 4.78 is 69.6. The molecule has 2 aliphatic rings. The highest BCUT2D eigenvalue weighted by Gasteiger charge is 2.38. The molecule has 4 nitrogen and oxygen atoms in total. The number of fused-ring (bicyclic) bond motifs is 2. The number of aliphatic imine (C=N–C) groups is 1. The van der Waals surface area contributed by atoms with Crippen molar-refractivity contribution in [3.63, 3.8) is 0 Å². The molecule has 1 fully saturated rings. The van der Waals surface area contributed by atoms with E-state index in [9.17, 15) is 22.0 Å². The summed E-state index contributed by atoms with van der Waals surface area (Å²) in [4.78, 5) is 8.25. The van der Waals surface area contributed by atoms with Gasteiger partial charge in [-0.3, -0.25) is 9.89 Å². The quantitative estimate of drug-likeness (QED) is 0.323. The maximum Gasteiger partial charge on any atom is 0.418 e. The summed E-state index contributed by atoms with van der Waals surface area (Å²) >= 11 is 0. The van der Waals surface area contributed by atoms with Gasteiger partial charge in [0.1, 0.15) is 11.6 Å². The Balaban J connectivity index is 1.48. The maximum absolute atomic E-state index is 14.2. The first-order valence-electron chi connectivity index (χ1n) is 11.7. The van der Waals surface area contributed by atoms with Crippen molar-refractivity contribution >= 4 is 29.0 Å². The highest BCUT2D eigenvalue weighted by molar-refractivity contribution is 6.01. The summed E-state index contributed by atoms with van der Waals surface area (Å²) in [5, 5.41) is 3.13. The van der Waals surface area contributed by atoms with Crippen molar-refractivity contribution in [2.75, 3.05) is 36.9 Å². The minimum absolute atomic E-state index is 0.00251. The van der Waals surface area contributed by atoms with E-state index < -0.39 is 17.6 Å². The van der Waals surface area contributed by atoms with Crippen LogP contribution in [0.3, 0.4) is 0 Å².